The van der Waals surface area contributed by atoms with Crippen LogP contribution in [0.5, 0.6) is 0 Å². The highest BCUT2D eigenvalue weighted by molar-refractivity contribution is 5.99. The lowest BCUT2D eigenvalue weighted by molar-refractivity contribution is -0.135. The molecule has 1 aromatic carbocycles. The van der Waals surface area contributed by atoms with Gasteiger partial charge < -0.3 is 9.80 Å². The molecule has 2 aliphatic rings. The van der Waals surface area contributed by atoms with Crippen molar-refractivity contribution in [2.24, 2.45) is 0 Å². The van der Waals surface area contributed by atoms with Crippen LogP contribution < -0.4 is 10.9 Å². The highest BCUT2D eigenvalue weighted by Crippen LogP contribution is 2.21. The summed E-state index contributed by atoms with van der Waals surface area (Å²) in [5.41, 5.74) is 0.912. The number of nitrogens with one attached hydrogen (secondary N) is 1. The minimum absolute atomic E-state index is 0.203. The molecule has 2 aromatic rings. The van der Waals surface area contributed by atoms with E-state index in [-0.39, 0.29) is 17.9 Å². The SMILES string of the molecule is Cc1nc2cccc(C#CCCCN3CCCN(C)CC3)c2c(=O)n1C1CCC(=O)NC1=O. The fourth-order valence-corrected chi connectivity index (χ4v) is 4.63. The van der Waals surface area contributed by atoms with Gasteiger partial charge in [-0.1, -0.05) is 17.9 Å². The van der Waals surface area contributed by atoms with E-state index >= 15 is 0 Å². The Kier molecular flexibility index (Phi) is 7.21. The van der Waals surface area contributed by atoms with Crippen LogP contribution in [-0.2, 0) is 9.59 Å². The summed E-state index contributed by atoms with van der Waals surface area (Å²) >= 11 is 0. The number of unbranched alkanes of at least 4 members (excludes halogenated alkanes) is 1. The number of carbonyl (C=O) groups excluding carboxylic acids is 2. The largest absolute Gasteiger partial charge is 0.305 e. The number of hydrogen-bond acceptors (Lipinski definition) is 6. The van der Waals surface area contributed by atoms with Crippen molar-refractivity contribution >= 4 is 22.7 Å². The fraction of sp³-hybridized carbons (Fsp3) is 0.520. The summed E-state index contributed by atoms with van der Waals surface area (Å²) in [7, 11) is 2.17. The molecule has 2 aliphatic heterocycles. The van der Waals surface area contributed by atoms with Crippen molar-refractivity contribution in [1.82, 2.24) is 24.7 Å². The Balaban J connectivity index is 1.52. The molecule has 0 radical (unpaired) electrons. The molecule has 33 heavy (non-hydrogen) atoms. The van der Waals surface area contributed by atoms with Crippen LogP contribution in [0.25, 0.3) is 10.9 Å². The van der Waals surface area contributed by atoms with E-state index in [4.69, 9.17) is 0 Å². The molecule has 8 heteroatoms. The predicted molar refractivity (Wildman–Crippen MR) is 127 cm³/mol. The maximum Gasteiger partial charge on any atom is 0.263 e. The first-order valence-electron chi connectivity index (χ1n) is 11.7. The van der Waals surface area contributed by atoms with E-state index in [0.717, 1.165) is 45.6 Å². The first-order valence-corrected chi connectivity index (χ1v) is 11.7. The van der Waals surface area contributed by atoms with Crippen molar-refractivity contribution in [3.8, 4) is 11.8 Å². The Morgan fingerprint density at radius 1 is 1.15 bits per heavy atom. The van der Waals surface area contributed by atoms with Gasteiger partial charge >= 0.3 is 0 Å². The van der Waals surface area contributed by atoms with E-state index < -0.39 is 11.9 Å². The molecule has 8 nitrogen and oxygen atoms in total. The summed E-state index contributed by atoms with van der Waals surface area (Å²) in [5.74, 6) is 6.08. The highest BCUT2D eigenvalue weighted by atomic mass is 16.2. The third-order valence-electron chi connectivity index (χ3n) is 6.44. The Hall–Kier alpha value is -3.02. The van der Waals surface area contributed by atoms with Crippen molar-refractivity contribution in [3.63, 3.8) is 0 Å². The molecule has 4 rings (SSSR count). The number of imide groups is 1. The maximum atomic E-state index is 13.4. The molecule has 0 bridgehead atoms. The van der Waals surface area contributed by atoms with E-state index in [9.17, 15) is 14.4 Å². The number of amides is 2. The number of carbonyl (C=O) groups is 2. The highest BCUT2D eigenvalue weighted by Gasteiger charge is 2.30. The quantitative estimate of drug-likeness (QED) is 0.432. The van der Waals surface area contributed by atoms with Crippen LogP contribution in [0.1, 0.15) is 49.5 Å². The number of rotatable bonds is 4. The molecule has 1 unspecified atom stereocenters. The summed E-state index contributed by atoms with van der Waals surface area (Å²) in [6.45, 7) is 7.23. The number of hydrogen-bond donors (Lipinski definition) is 1. The predicted octanol–water partition coefficient (Wildman–Crippen LogP) is 1.45. The molecule has 0 aliphatic carbocycles. The van der Waals surface area contributed by atoms with Crippen LogP contribution in [0.4, 0.5) is 0 Å². The van der Waals surface area contributed by atoms with Gasteiger partial charge in [-0.2, -0.15) is 0 Å². The number of aryl methyl sites for hydroxylation is 1. The molecule has 2 fully saturated rings. The topological polar surface area (TPSA) is 87.5 Å². The summed E-state index contributed by atoms with van der Waals surface area (Å²) in [5, 5.41) is 2.75. The molecule has 1 aromatic heterocycles. The van der Waals surface area contributed by atoms with Crippen molar-refractivity contribution < 1.29 is 9.59 Å². The van der Waals surface area contributed by atoms with E-state index in [0.29, 0.717) is 28.7 Å². The molecule has 1 N–H and O–H groups in total. The number of aromatic nitrogens is 2. The second kappa shape index (κ2) is 10.3. The van der Waals surface area contributed by atoms with Crippen LogP contribution in [0.2, 0.25) is 0 Å². The molecule has 1 atom stereocenters. The van der Waals surface area contributed by atoms with Crippen molar-refractivity contribution in [3.05, 3.63) is 39.9 Å². The zero-order valence-electron chi connectivity index (χ0n) is 19.4. The zero-order chi connectivity index (χ0) is 23.4. The lowest BCUT2D eigenvalue weighted by Crippen LogP contribution is -2.45. The molecule has 0 spiro atoms. The van der Waals surface area contributed by atoms with E-state index in [1.807, 2.05) is 12.1 Å². The van der Waals surface area contributed by atoms with Gasteiger partial charge in [-0.05, 0) is 65.0 Å². The molecule has 2 saturated heterocycles. The van der Waals surface area contributed by atoms with Gasteiger partial charge in [0.15, 0.2) is 0 Å². The van der Waals surface area contributed by atoms with Crippen molar-refractivity contribution in [2.75, 3.05) is 39.8 Å². The van der Waals surface area contributed by atoms with Crippen LogP contribution in [0.15, 0.2) is 23.0 Å². The van der Waals surface area contributed by atoms with E-state index in [1.165, 1.54) is 11.0 Å². The summed E-state index contributed by atoms with van der Waals surface area (Å²) in [6, 6.07) is 4.73. The molecule has 174 valence electrons. The van der Waals surface area contributed by atoms with Gasteiger partial charge in [-0.3, -0.25) is 24.3 Å². The fourth-order valence-electron chi connectivity index (χ4n) is 4.63. The average molecular weight is 450 g/mol. The van der Waals surface area contributed by atoms with Crippen LogP contribution in [0, 0.1) is 18.8 Å². The van der Waals surface area contributed by atoms with Gasteiger partial charge in [0.05, 0.1) is 10.9 Å². The number of likely N-dealkylation sites (N-methyl/N-ethyl adjacent to an activating group) is 1. The van der Waals surface area contributed by atoms with Gasteiger partial charge in [0, 0.05) is 31.5 Å². The van der Waals surface area contributed by atoms with Gasteiger partial charge in [0.25, 0.3) is 5.56 Å². The van der Waals surface area contributed by atoms with E-state index in [2.05, 4.69) is 39.0 Å². The normalized spacial score (nSPS) is 20.2. The average Bonchev–Trinajstić information content (AvgIpc) is 2.98. The van der Waals surface area contributed by atoms with Gasteiger partial charge in [-0.25, -0.2) is 4.98 Å². The minimum atomic E-state index is -0.735. The summed E-state index contributed by atoms with van der Waals surface area (Å²) in [4.78, 5) is 46.8. The molecule has 2 amide bonds. The Morgan fingerprint density at radius 2 is 2.00 bits per heavy atom. The molecular weight excluding hydrogens is 418 g/mol. The second-order valence-electron chi connectivity index (χ2n) is 8.90. The van der Waals surface area contributed by atoms with Crippen molar-refractivity contribution in [2.45, 2.75) is 45.1 Å². The zero-order valence-corrected chi connectivity index (χ0v) is 19.4. The second-order valence-corrected chi connectivity index (χ2v) is 8.90. The number of fused-ring (bicyclic) bond motifs is 1. The van der Waals surface area contributed by atoms with Crippen molar-refractivity contribution in [1.29, 1.82) is 0 Å². The Labute approximate surface area is 194 Å². The summed E-state index contributed by atoms with van der Waals surface area (Å²) in [6.07, 6.45) is 3.43. The molecule has 0 saturated carbocycles. The monoisotopic (exact) mass is 449 g/mol. The Morgan fingerprint density at radius 3 is 2.82 bits per heavy atom. The standard InChI is InChI=1S/C25H31N5O3/c1-18-26-20-10-6-9-19(8-4-3-5-14-29-15-7-13-28(2)16-17-29)23(20)25(33)30(18)21-11-12-22(31)27-24(21)32/h6,9-10,21H,3,5,7,11-17H2,1-2H3,(H,27,31,32). The third kappa shape index (κ3) is 5.32. The number of benzene rings is 1. The van der Waals surface area contributed by atoms with E-state index in [1.54, 1.807) is 13.0 Å². The maximum absolute atomic E-state index is 13.4. The van der Waals surface area contributed by atoms with Crippen LogP contribution in [-0.4, -0.2) is 70.9 Å². The summed E-state index contributed by atoms with van der Waals surface area (Å²) < 4.78 is 1.41. The third-order valence-corrected chi connectivity index (χ3v) is 6.44. The molecular formula is C25H31N5O3. The lowest BCUT2D eigenvalue weighted by Gasteiger charge is -2.24. The number of nitrogens with zero attached hydrogens (tertiary/aromatic N) is 4. The molecule has 3 heterocycles. The van der Waals surface area contributed by atoms with Gasteiger partial charge in [0.2, 0.25) is 11.8 Å². The van der Waals surface area contributed by atoms with Gasteiger partial charge in [0.1, 0.15) is 11.9 Å². The van der Waals surface area contributed by atoms with Crippen LogP contribution >= 0.6 is 0 Å². The van der Waals surface area contributed by atoms with Gasteiger partial charge in [-0.15, -0.1) is 0 Å². The lowest BCUT2D eigenvalue weighted by atomic mass is 10.0. The number of piperidine rings is 1. The van der Waals surface area contributed by atoms with Crippen LogP contribution in [0.3, 0.4) is 0 Å². The Bertz CT molecular complexity index is 1180. The minimum Gasteiger partial charge on any atom is -0.305 e. The first kappa shape index (κ1) is 23.1. The first-order chi connectivity index (χ1) is 15.9. The smallest absolute Gasteiger partial charge is 0.263 e.